The SMILES string of the molecule is O=C(NCCN1CCCC1)c1nnc2ccccc2c1O. The standard InChI is InChI=1S/C15H18N4O2/c20-14-11-5-1-2-6-12(11)17-18-13(14)15(21)16-7-10-19-8-3-4-9-19/h1-2,5-6H,3-4,7-10H2,(H,16,21)(H,17,20). The van der Waals surface area contributed by atoms with Gasteiger partial charge in [-0.3, -0.25) is 4.79 Å². The van der Waals surface area contributed by atoms with Crippen LogP contribution in [-0.2, 0) is 0 Å². The Balaban J connectivity index is 1.68. The summed E-state index contributed by atoms with van der Waals surface area (Å²) in [5.41, 5.74) is 0.554. The lowest BCUT2D eigenvalue weighted by molar-refractivity contribution is 0.0941. The van der Waals surface area contributed by atoms with Crippen LogP contribution in [0.2, 0.25) is 0 Å². The summed E-state index contributed by atoms with van der Waals surface area (Å²) in [6, 6.07) is 7.07. The molecule has 0 unspecified atom stereocenters. The van der Waals surface area contributed by atoms with Crippen LogP contribution >= 0.6 is 0 Å². The lowest BCUT2D eigenvalue weighted by atomic mass is 10.2. The second-order valence-corrected chi connectivity index (χ2v) is 5.22. The fourth-order valence-electron chi connectivity index (χ4n) is 2.61. The van der Waals surface area contributed by atoms with E-state index in [1.807, 2.05) is 6.07 Å². The molecule has 0 aliphatic carbocycles. The van der Waals surface area contributed by atoms with Crippen molar-refractivity contribution in [3.05, 3.63) is 30.0 Å². The molecule has 21 heavy (non-hydrogen) atoms. The molecule has 2 N–H and O–H groups in total. The minimum Gasteiger partial charge on any atom is -0.505 e. The van der Waals surface area contributed by atoms with Gasteiger partial charge in [-0.15, -0.1) is 10.2 Å². The molecule has 0 saturated carbocycles. The van der Waals surface area contributed by atoms with Crippen molar-refractivity contribution in [3.63, 3.8) is 0 Å². The van der Waals surface area contributed by atoms with Gasteiger partial charge >= 0.3 is 0 Å². The van der Waals surface area contributed by atoms with Gasteiger partial charge in [-0.25, -0.2) is 0 Å². The van der Waals surface area contributed by atoms with Crippen LogP contribution in [0.1, 0.15) is 23.3 Å². The molecule has 1 amide bonds. The Morgan fingerprint density at radius 2 is 2.00 bits per heavy atom. The van der Waals surface area contributed by atoms with Gasteiger partial charge in [0.2, 0.25) is 0 Å². The van der Waals surface area contributed by atoms with E-state index in [0.29, 0.717) is 17.4 Å². The van der Waals surface area contributed by atoms with E-state index in [0.717, 1.165) is 19.6 Å². The Bertz CT molecular complexity index is 653. The highest BCUT2D eigenvalue weighted by Crippen LogP contribution is 2.24. The summed E-state index contributed by atoms with van der Waals surface area (Å²) in [6.07, 6.45) is 2.45. The number of carbonyl (C=O) groups is 1. The van der Waals surface area contributed by atoms with E-state index in [1.165, 1.54) is 12.8 Å². The van der Waals surface area contributed by atoms with E-state index in [-0.39, 0.29) is 17.4 Å². The lowest BCUT2D eigenvalue weighted by Crippen LogP contribution is -2.34. The largest absolute Gasteiger partial charge is 0.505 e. The molecule has 2 heterocycles. The minimum atomic E-state index is -0.384. The highest BCUT2D eigenvalue weighted by molar-refractivity contribution is 6.00. The third-order valence-electron chi connectivity index (χ3n) is 3.77. The summed E-state index contributed by atoms with van der Waals surface area (Å²) in [6.45, 7) is 3.56. The molecule has 0 bridgehead atoms. The first-order valence-electron chi connectivity index (χ1n) is 7.20. The Morgan fingerprint density at radius 3 is 2.81 bits per heavy atom. The minimum absolute atomic E-state index is 0.0184. The molecule has 1 fully saturated rings. The van der Waals surface area contributed by atoms with Crippen LogP contribution in [0, 0.1) is 0 Å². The monoisotopic (exact) mass is 286 g/mol. The molecule has 1 aromatic carbocycles. The quantitative estimate of drug-likeness (QED) is 0.882. The van der Waals surface area contributed by atoms with Crippen LogP contribution in [0.4, 0.5) is 0 Å². The third-order valence-corrected chi connectivity index (χ3v) is 3.77. The van der Waals surface area contributed by atoms with E-state index in [1.54, 1.807) is 18.2 Å². The van der Waals surface area contributed by atoms with E-state index < -0.39 is 0 Å². The Morgan fingerprint density at radius 1 is 1.24 bits per heavy atom. The van der Waals surface area contributed by atoms with Crippen LogP contribution in [0.5, 0.6) is 5.75 Å². The van der Waals surface area contributed by atoms with E-state index >= 15 is 0 Å². The van der Waals surface area contributed by atoms with Gasteiger partial charge in [0.25, 0.3) is 5.91 Å². The highest BCUT2D eigenvalue weighted by Gasteiger charge is 2.17. The van der Waals surface area contributed by atoms with Crippen molar-refractivity contribution < 1.29 is 9.90 Å². The van der Waals surface area contributed by atoms with Crippen LogP contribution in [0.15, 0.2) is 24.3 Å². The molecular weight excluding hydrogens is 268 g/mol. The second-order valence-electron chi connectivity index (χ2n) is 5.22. The smallest absolute Gasteiger partial charge is 0.275 e. The average Bonchev–Trinajstić information content (AvgIpc) is 3.01. The zero-order chi connectivity index (χ0) is 14.7. The van der Waals surface area contributed by atoms with Crippen molar-refractivity contribution in [2.24, 2.45) is 0 Å². The highest BCUT2D eigenvalue weighted by atomic mass is 16.3. The normalized spacial score (nSPS) is 15.4. The molecule has 2 aromatic rings. The van der Waals surface area contributed by atoms with Crippen molar-refractivity contribution in [2.75, 3.05) is 26.2 Å². The number of nitrogens with zero attached hydrogens (tertiary/aromatic N) is 3. The molecular formula is C15H18N4O2. The number of rotatable bonds is 4. The molecule has 3 rings (SSSR count). The number of nitrogens with one attached hydrogen (secondary N) is 1. The van der Waals surface area contributed by atoms with Crippen LogP contribution in [0.3, 0.4) is 0 Å². The van der Waals surface area contributed by atoms with Gasteiger partial charge in [-0.2, -0.15) is 0 Å². The number of likely N-dealkylation sites (tertiary alicyclic amines) is 1. The molecule has 0 radical (unpaired) electrons. The Hall–Kier alpha value is -2.21. The summed E-state index contributed by atoms with van der Waals surface area (Å²) in [4.78, 5) is 14.4. The molecule has 6 heteroatoms. The average molecular weight is 286 g/mol. The lowest BCUT2D eigenvalue weighted by Gasteiger charge is -2.14. The van der Waals surface area contributed by atoms with Crippen LogP contribution < -0.4 is 5.32 Å². The number of carbonyl (C=O) groups excluding carboxylic acids is 1. The first-order chi connectivity index (χ1) is 10.3. The summed E-state index contributed by atoms with van der Waals surface area (Å²) in [5.74, 6) is -0.496. The summed E-state index contributed by atoms with van der Waals surface area (Å²) in [5, 5.41) is 21.3. The topological polar surface area (TPSA) is 78.4 Å². The molecule has 0 atom stereocenters. The molecule has 1 aliphatic rings. The van der Waals surface area contributed by atoms with Gasteiger partial charge in [0, 0.05) is 18.5 Å². The van der Waals surface area contributed by atoms with Crippen LogP contribution in [-0.4, -0.2) is 52.3 Å². The van der Waals surface area contributed by atoms with Gasteiger partial charge in [0.05, 0.1) is 5.52 Å². The zero-order valence-corrected chi connectivity index (χ0v) is 11.7. The molecule has 1 aliphatic heterocycles. The van der Waals surface area contributed by atoms with E-state index in [2.05, 4.69) is 20.4 Å². The van der Waals surface area contributed by atoms with Crippen molar-refractivity contribution >= 4 is 16.8 Å². The van der Waals surface area contributed by atoms with Crippen molar-refractivity contribution in [2.45, 2.75) is 12.8 Å². The van der Waals surface area contributed by atoms with Gasteiger partial charge in [0.1, 0.15) is 0 Å². The first-order valence-corrected chi connectivity index (χ1v) is 7.20. The molecule has 1 aromatic heterocycles. The van der Waals surface area contributed by atoms with Gasteiger partial charge in [-0.1, -0.05) is 12.1 Å². The van der Waals surface area contributed by atoms with Gasteiger partial charge < -0.3 is 15.3 Å². The van der Waals surface area contributed by atoms with Crippen molar-refractivity contribution in [1.29, 1.82) is 0 Å². The number of aromatic hydroxyl groups is 1. The predicted octanol–water partition coefficient (Wildman–Crippen LogP) is 1.16. The van der Waals surface area contributed by atoms with Crippen LogP contribution in [0.25, 0.3) is 10.9 Å². The molecule has 110 valence electrons. The number of hydrogen-bond acceptors (Lipinski definition) is 5. The number of amides is 1. The van der Waals surface area contributed by atoms with Gasteiger partial charge in [-0.05, 0) is 38.1 Å². The van der Waals surface area contributed by atoms with E-state index in [9.17, 15) is 9.90 Å². The summed E-state index contributed by atoms with van der Waals surface area (Å²) >= 11 is 0. The van der Waals surface area contributed by atoms with Crippen molar-refractivity contribution in [1.82, 2.24) is 20.4 Å². The fourth-order valence-corrected chi connectivity index (χ4v) is 2.61. The number of fused-ring (bicyclic) bond motifs is 1. The predicted molar refractivity (Wildman–Crippen MR) is 79.2 cm³/mol. The molecule has 6 nitrogen and oxygen atoms in total. The maximum absolute atomic E-state index is 12.1. The molecule has 0 spiro atoms. The Kier molecular flexibility index (Phi) is 3.96. The molecule has 1 saturated heterocycles. The fraction of sp³-hybridized carbons (Fsp3) is 0.400. The summed E-state index contributed by atoms with van der Waals surface area (Å²) < 4.78 is 0. The maximum Gasteiger partial charge on any atom is 0.275 e. The third kappa shape index (κ3) is 2.95. The zero-order valence-electron chi connectivity index (χ0n) is 11.7. The Labute approximate surface area is 122 Å². The van der Waals surface area contributed by atoms with Gasteiger partial charge in [0.15, 0.2) is 11.4 Å². The number of hydrogen-bond donors (Lipinski definition) is 2. The first kappa shape index (κ1) is 13.8. The van der Waals surface area contributed by atoms with E-state index in [4.69, 9.17) is 0 Å². The van der Waals surface area contributed by atoms with Crippen molar-refractivity contribution in [3.8, 4) is 5.75 Å². The second kappa shape index (κ2) is 6.05. The maximum atomic E-state index is 12.1. The summed E-state index contributed by atoms with van der Waals surface area (Å²) in [7, 11) is 0. The number of aromatic nitrogens is 2. The number of benzene rings is 1.